The third-order valence-corrected chi connectivity index (χ3v) is 6.18. The molecule has 0 atom stereocenters. The smallest absolute Gasteiger partial charge is 0.348 e. The van der Waals surface area contributed by atoms with Crippen molar-refractivity contribution in [1.82, 2.24) is 25.6 Å². The Morgan fingerprint density at radius 1 is 1.23 bits per heavy atom. The Labute approximate surface area is 182 Å². The third-order valence-electron chi connectivity index (χ3n) is 4.76. The molecule has 3 heterocycles. The van der Waals surface area contributed by atoms with Crippen LogP contribution >= 0.6 is 22.9 Å². The molecule has 2 aromatic heterocycles. The summed E-state index contributed by atoms with van der Waals surface area (Å²) in [4.78, 5) is 49.1. The molecule has 0 saturated carbocycles. The second kappa shape index (κ2) is 9.43. The highest BCUT2D eigenvalue weighted by atomic mass is 35.5. The monoisotopic (exact) mass is 454 g/mol. The average Bonchev–Trinajstić information content (AvgIpc) is 3.33. The second-order valence-electron chi connectivity index (χ2n) is 6.78. The summed E-state index contributed by atoms with van der Waals surface area (Å²) in [6.45, 7) is 5.21. The van der Waals surface area contributed by atoms with Gasteiger partial charge in [-0.15, -0.1) is 0 Å². The molecule has 0 aromatic carbocycles. The normalized spacial score (nSPS) is 14.6. The van der Waals surface area contributed by atoms with Gasteiger partial charge in [0, 0.05) is 25.7 Å². The number of rotatable bonds is 7. The molecule has 2 aromatic rings. The number of halogens is 1. The minimum atomic E-state index is -1.18. The summed E-state index contributed by atoms with van der Waals surface area (Å²) in [5.41, 5.74) is 0.652. The van der Waals surface area contributed by atoms with E-state index in [1.165, 1.54) is 0 Å². The Morgan fingerprint density at radius 2 is 1.93 bits per heavy atom. The number of anilines is 1. The van der Waals surface area contributed by atoms with Gasteiger partial charge >= 0.3 is 5.97 Å². The second-order valence-corrected chi connectivity index (χ2v) is 8.12. The van der Waals surface area contributed by atoms with E-state index in [2.05, 4.69) is 25.6 Å². The van der Waals surface area contributed by atoms with Crippen LogP contribution in [0.15, 0.2) is 0 Å². The van der Waals surface area contributed by atoms with Gasteiger partial charge in [0.15, 0.2) is 21.8 Å². The molecule has 2 amide bonds. The van der Waals surface area contributed by atoms with Crippen molar-refractivity contribution in [2.45, 2.75) is 39.2 Å². The number of aromatic nitrogens is 3. The molecule has 12 heteroatoms. The summed E-state index contributed by atoms with van der Waals surface area (Å²) in [6.07, 6.45) is 1.96. The van der Waals surface area contributed by atoms with Gasteiger partial charge in [-0.1, -0.05) is 29.9 Å². The molecule has 1 aliphatic rings. The number of hydrogen-bond donors (Lipinski definition) is 4. The molecular formula is C18H23ClN6O4S. The lowest BCUT2D eigenvalue weighted by Crippen LogP contribution is -2.45. The van der Waals surface area contributed by atoms with Gasteiger partial charge in [-0.25, -0.2) is 14.8 Å². The number of nitrogens with zero attached hydrogens (tertiary/aromatic N) is 3. The number of thiazole rings is 1. The summed E-state index contributed by atoms with van der Waals surface area (Å²) < 4.78 is 0. The third kappa shape index (κ3) is 4.73. The minimum Gasteiger partial charge on any atom is -0.477 e. The molecule has 0 aliphatic carbocycles. The number of carbonyl (C=O) groups is 3. The van der Waals surface area contributed by atoms with Crippen LogP contribution in [-0.4, -0.2) is 63.5 Å². The number of imidazole rings is 1. The molecule has 0 spiro atoms. The lowest BCUT2D eigenvalue weighted by molar-refractivity contribution is 0.0695. The van der Waals surface area contributed by atoms with E-state index in [-0.39, 0.29) is 28.3 Å². The number of piperidine rings is 1. The van der Waals surface area contributed by atoms with Gasteiger partial charge in [0.05, 0.1) is 5.69 Å². The average molecular weight is 455 g/mol. The Kier molecular flexibility index (Phi) is 6.93. The first-order valence-electron chi connectivity index (χ1n) is 9.66. The van der Waals surface area contributed by atoms with Gasteiger partial charge in [0.1, 0.15) is 4.88 Å². The molecule has 1 aliphatic heterocycles. The molecule has 4 N–H and O–H groups in total. The van der Waals surface area contributed by atoms with Gasteiger partial charge in [0.25, 0.3) is 11.8 Å². The maximum absolute atomic E-state index is 12.4. The van der Waals surface area contributed by atoms with Crippen LogP contribution < -0.4 is 15.5 Å². The standard InChI is InChI=1S/C18H23ClN6O4S/c1-3-10-13(19)24-14(22-10)16(27)21-9-5-7-25(8-6-9)18-23-11(15(26)20-4-2)12(30-18)17(28)29/h9H,3-8H2,1-2H3,(H,20,26)(H,21,27)(H,22,24)(H,28,29). The van der Waals surface area contributed by atoms with Gasteiger partial charge in [-0.3, -0.25) is 9.59 Å². The molecule has 30 heavy (non-hydrogen) atoms. The molecule has 0 unspecified atom stereocenters. The quantitative estimate of drug-likeness (QED) is 0.501. The van der Waals surface area contributed by atoms with Crippen LogP contribution in [0.3, 0.4) is 0 Å². The maximum Gasteiger partial charge on any atom is 0.348 e. The van der Waals surface area contributed by atoms with Crippen LogP contribution in [0.4, 0.5) is 5.13 Å². The Hall–Kier alpha value is -2.66. The highest BCUT2D eigenvalue weighted by Gasteiger charge is 2.28. The van der Waals surface area contributed by atoms with E-state index in [4.69, 9.17) is 11.6 Å². The van der Waals surface area contributed by atoms with Crippen LogP contribution in [0.5, 0.6) is 0 Å². The summed E-state index contributed by atoms with van der Waals surface area (Å²) in [5.74, 6) is -1.79. The maximum atomic E-state index is 12.4. The molecule has 0 bridgehead atoms. The summed E-state index contributed by atoms with van der Waals surface area (Å²) in [5, 5.41) is 15.7. The first-order chi connectivity index (χ1) is 14.3. The fraction of sp³-hybridized carbons (Fsp3) is 0.500. The number of carbonyl (C=O) groups excluding carboxylic acids is 2. The Morgan fingerprint density at radius 3 is 2.50 bits per heavy atom. The first-order valence-corrected chi connectivity index (χ1v) is 10.9. The summed E-state index contributed by atoms with van der Waals surface area (Å²) in [6, 6.07) is -0.0514. The van der Waals surface area contributed by atoms with E-state index in [1.54, 1.807) is 6.92 Å². The van der Waals surface area contributed by atoms with Gasteiger partial charge in [0.2, 0.25) is 0 Å². The predicted molar refractivity (Wildman–Crippen MR) is 113 cm³/mol. The number of aryl methyl sites for hydroxylation is 1. The van der Waals surface area contributed by atoms with E-state index in [0.29, 0.717) is 49.2 Å². The number of carboxylic acids is 1. The first kappa shape index (κ1) is 22.0. The predicted octanol–water partition coefficient (Wildman–Crippen LogP) is 1.93. The van der Waals surface area contributed by atoms with Crippen molar-refractivity contribution in [2.75, 3.05) is 24.5 Å². The van der Waals surface area contributed by atoms with Crippen LogP contribution in [0.1, 0.15) is 63.2 Å². The minimum absolute atomic E-state index is 0.0514. The van der Waals surface area contributed by atoms with E-state index in [0.717, 1.165) is 17.0 Å². The fourth-order valence-corrected chi connectivity index (χ4v) is 4.40. The Bertz CT molecular complexity index is 951. The number of nitrogens with one attached hydrogen (secondary N) is 3. The molecule has 3 rings (SSSR count). The van der Waals surface area contributed by atoms with Crippen molar-refractivity contribution in [3.05, 3.63) is 27.2 Å². The van der Waals surface area contributed by atoms with Gasteiger partial charge in [-0.05, 0) is 26.2 Å². The topological polar surface area (TPSA) is 140 Å². The zero-order chi connectivity index (χ0) is 21.8. The number of aromatic amines is 1. The van der Waals surface area contributed by atoms with Crippen LogP contribution in [-0.2, 0) is 6.42 Å². The molecule has 162 valence electrons. The van der Waals surface area contributed by atoms with E-state index < -0.39 is 11.9 Å². The van der Waals surface area contributed by atoms with E-state index in [1.807, 2.05) is 11.8 Å². The highest BCUT2D eigenvalue weighted by molar-refractivity contribution is 7.17. The zero-order valence-corrected chi connectivity index (χ0v) is 18.2. The largest absolute Gasteiger partial charge is 0.477 e. The van der Waals surface area contributed by atoms with Crippen molar-refractivity contribution in [1.29, 1.82) is 0 Å². The lowest BCUT2D eigenvalue weighted by atomic mass is 10.1. The number of aromatic carboxylic acids is 1. The Balaban J connectivity index is 1.62. The van der Waals surface area contributed by atoms with Crippen molar-refractivity contribution in [3.8, 4) is 0 Å². The summed E-state index contributed by atoms with van der Waals surface area (Å²) >= 11 is 6.98. The molecule has 1 fully saturated rings. The van der Waals surface area contributed by atoms with Crippen LogP contribution in [0, 0.1) is 0 Å². The van der Waals surface area contributed by atoms with E-state index in [9.17, 15) is 19.5 Å². The van der Waals surface area contributed by atoms with E-state index >= 15 is 0 Å². The van der Waals surface area contributed by atoms with Crippen molar-refractivity contribution in [2.24, 2.45) is 0 Å². The van der Waals surface area contributed by atoms with Crippen molar-refractivity contribution in [3.63, 3.8) is 0 Å². The number of hydrogen-bond acceptors (Lipinski definition) is 7. The molecule has 10 nitrogen and oxygen atoms in total. The number of amides is 2. The van der Waals surface area contributed by atoms with Crippen molar-refractivity contribution < 1.29 is 19.5 Å². The SMILES string of the molecule is CCNC(=O)c1nc(N2CCC(NC(=O)c3nc(Cl)c(CC)[nH]3)CC2)sc1C(=O)O. The van der Waals surface area contributed by atoms with Gasteiger partial charge in [-0.2, -0.15) is 0 Å². The fourth-order valence-electron chi connectivity index (χ4n) is 3.19. The van der Waals surface area contributed by atoms with Crippen molar-refractivity contribution >= 4 is 45.9 Å². The van der Waals surface area contributed by atoms with Crippen LogP contribution in [0.25, 0.3) is 0 Å². The molecule has 0 radical (unpaired) electrons. The van der Waals surface area contributed by atoms with Crippen LogP contribution in [0.2, 0.25) is 5.15 Å². The highest BCUT2D eigenvalue weighted by Crippen LogP contribution is 2.29. The zero-order valence-electron chi connectivity index (χ0n) is 16.6. The van der Waals surface area contributed by atoms with Gasteiger partial charge < -0.3 is 25.6 Å². The number of carboxylic acid groups (broad SMARTS) is 1. The lowest BCUT2D eigenvalue weighted by Gasteiger charge is -2.31. The molecule has 1 saturated heterocycles. The summed E-state index contributed by atoms with van der Waals surface area (Å²) in [7, 11) is 0. The number of H-pyrrole nitrogens is 1. The molecular weight excluding hydrogens is 432 g/mol.